The van der Waals surface area contributed by atoms with E-state index in [4.69, 9.17) is 35.0 Å². The normalized spacial score (nSPS) is 18.3. The highest BCUT2D eigenvalue weighted by molar-refractivity contribution is 6.65. The lowest BCUT2D eigenvalue weighted by atomic mass is 10.9. The van der Waals surface area contributed by atoms with E-state index in [1.807, 2.05) is 0 Å². The first-order chi connectivity index (χ1) is 4.20. The Hall–Kier alpha value is -0.120. The first-order valence-electron chi connectivity index (χ1n) is 2.01. The molecule has 0 aromatic rings. The first kappa shape index (κ1) is 6.99. The minimum Gasteiger partial charge on any atom is -0.256 e. The summed E-state index contributed by atoms with van der Waals surface area (Å²) in [5.41, 5.74) is 2.44. The second-order valence-corrected chi connectivity index (χ2v) is 2.35. The molecular weight excluding hydrogens is 184 g/mol. The smallest absolute Gasteiger partial charge is 0.216 e. The van der Waals surface area contributed by atoms with Gasteiger partial charge in [0.2, 0.25) is 5.29 Å². The molecule has 0 aromatic carbocycles. The molecule has 0 aromatic heterocycles. The fourth-order valence-electron chi connectivity index (χ4n) is 0.324. The Labute approximate surface area is 67.0 Å². The molecule has 0 saturated carbocycles. The van der Waals surface area contributed by atoms with Gasteiger partial charge in [0.25, 0.3) is 0 Å². The summed E-state index contributed by atoms with van der Waals surface area (Å²) in [6.45, 7) is 0. The second-order valence-electron chi connectivity index (χ2n) is 1.26. The van der Waals surface area contributed by atoms with E-state index in [1.165, 1.54) is 6.20 Å². The molecule has 50 valence electrons. The van der Waals surface area contributed by atoms with Crippen LogP contribution in [0.4, 0.5) is 0 Å². The van der Waals surface area contributed by atoms with E-state index in [0.29, 0.717) is 0 Å². The SMILES string of the molecule is ClC1=CN=C(Cl)NN1Cl. The molecule has 1 aliphatic rings. The molecule has 1 N–H and O–H groups in total. The van der Waals surface area contributed by atoms with E-state index in [1.54, 1.807) is 0 Å². The van der Waals surface area contributed by atoms with Crippen molar-refractivity contribution >= 4 is 40.3 Å². The predicted molar refractivity (Wildman–Crippen MR) is 38.1 cm³/mol. The third-order valence-electron chi connectivity index (χ3n) is 0.662. The Balaban J connectivity index is 2.74. The minimum absolute atomic E-state index is 0.189. The zero-order chi connectivity index (χ0) is 6.85. The van der Waals surface area contributed by atoms with Crippen LogP contribution >= 0.6 is 35.0 Å². The van der Waals surface area contributed by atoms with Gasteiger partial charge >= 0.3 is 0 Å². The molecule has 0 radical (unpaired) electrons. The monoisotopic (exact) mass is 185 g/mol. The Morgan fingerprint density at radius 2 is 2.22 bits per heavy atom. The minimum atomic E-state index is 0.189. The number of hydrogen-bond acceptors (Lipinski definition) is 3. The lowest BCUT2D eigenvalue weighted by Gasteiger charge is -2.17. The highest BCUT2D eigenvalue weighted by atomic mass is 35.5. The molecule has 0 amide bonds. The average Bonchev–Trinajstić information content (AvgIpc) is 1.80. The van der Waals surface area contributed by atoms with Crippen LogP contribution in [0.3, 0.4) is 0 Å². The van der Waals surface area contributed by atoms with Crippen molar-refractivity contribution < 1.29 is 0 Å². The molecular formula is C3H2Cl3N3. The van der Waals surface area contributed by atoms with Crippen LogP contribution in [0.15, 0.2) is 16.3 Å². The quantitative estimate of drug-likeness (QED) is 0.460. The summed E-state index contributed by atoms with van der Waals surface area (Å²) in [7, 11) is 0. The summed E-state index contributed by atoms with van der Waals surface area (Å²) in [5, 5.41) is 0.468. The summed E-state index contributed by atoms with van der Waals surface area (Å²) in [5.74, 6) is 0. The van der Waals surface area contributed by atoms with Gasteiger partial charge in [0.15, 0.2) is 5.16 Å². The van der Waals surface area contributed by atoms with Gasteiger partial charge in [-0.05, 0) is 11.6 Å². The summed E-state index contributed by atoms with van der Waals surface area (Å²) in [4.78, 5) is 3.61. The topological polar surface area (TPSA) is 27.6 Å². The third kappa shape index (κ3) is 1.64. The van der Waals surface area contributed by atoms with Crippen LogP contribution < -0.4 is 5.43 Å². The Bertz CT molecular complexity index is 175. The predicted octanol–water partition coefficient (Wildman–Crippen LogP) is 1.59. The van der Waals surface area contributed by atoms with Gasteiger partial charge in [-0.2, -0.15) is 4.53 Å². The van der Waals surface area contributed by atoms with Crippen LogP contribution in [-0.2, 0) is 0 Å². The number of aliphatic imine (C=N–C) groups is 1. The fraction of sp³-hybridized carbons (Fsp3) is 0. The summed E-state index contributed by atoms with van der Waals surface area (Å²) < 4.78 is 1.04. The maximum Gasteiger partial charge on any atom is 0.216 e. The van der Waals surface area contributed by atoms with Crippen molar-refractivity contribution in [3.63, 3.8) is 0 Å². The third-order valence-corrected chi connectivity index (χ3v) is 1.46. The molecule has 9 heavy (non-hydrogen) atoms. The van der Waals surface area contributed by atoms with Gasteiger partial charge in [0, 0.05) is 11.8 Å². The molecule has 0 saturated heterocycles. The molecule has 0 fully saturated rings. The number of nitrogens with zero attached hydrogens (tertiary/aromatic N) is 2. The van der Waals surface area contributed by atoms with E-state index in [-0.39, 0.29) is 10.5 Å². The van der Waals surface area contributed by atoms with Crippen molar-refractivity contribution in [1.29, 1.82) is 0 Å². The average molecular weight is 186 g/mol. The largest absolute Gasteiger partial charge is 0.256 e. The van der Waals surface area contributed by atoms with Crippen LogP contribution in [0.5, 0.6) is 0 Å². The fourth-order valence-corrected chi connectivity index (χ4v) is 0.715. The van der Waals surface area contributed by atoms with E-state index >= 15 is 0 Å². The van der Waals surface area contributed by atoms with Crippen LogP contribution in [0.25, 0.3) is 0 Å². The lowest BCUT2D eigenvalue weighted by molar-refractivity contribution is 0.531. The Kier molecular flexibility index (Phi) is 2.05. The molecule has 0 atom stereocenters. The van der Waals surface area contributed by atoms with E-state index in [0.717, 1.165) is 4.53 Å². The van der Waals surface area contributed by atoms with Gasteiger partial charge in [0.05, 0.1) is 6.20 Å². The number of nitrogens with one attached hydrogen (secondary N) is 1. The number of amidine groups is 1. The van der Waals surface area contributed by atoms with Crippen LogP contribution in [0.1, 0.15) is 0 Å². The van der Waals surface area contributed by atoms with Crippen molar-refractivity contribution in [3.8, 4) is 0 Å². The number of halogens is 3. The van der Waals surface area contributed by atoms with Gasteiger partial charge in [0.1, 0.15) is 0 Å². The molecule has 0 spiro atoms. The zero-order valence-corrected chi connectivity index (χ0v) is 6.37. The van der Waals surface area contributed by atoms with Gasteiger partial charge in [-0.1, -0.05) is 11.6 Å². The molecule has 0 bridgehead atoms. The molecule has 3 nitrogen and oxygen atoms in total. The van der Waals surface area contributed by atoms with E-state index in [9.17, 15) is 0 Å². The van der Waals surface area contributed by atoms with Gasteiger partial charge < -0.3 is 0 Å². The number of hydrazine groups is 1. The van der Waals surface area contributed by atoms with Crippen molar-refractivity contribution in [2.75, 3.05) is 0 Å². The van der Waals surface area contributed by atoms with Crippen LogP contribution in [-0.4, -0.2) is 9.82 Å². The van der Waals surface area contributed by atoms with Gasteiger partial charge in [-0.3, -0.25) is 5.43 Å². The Morgan fingerprint density at radius 1 is 1.56 bits per heavy atom. The molecule has 0 unspecified atom stereocenters. The maximum absolute atomic E-state index is 5.46. The number of rotatable bonds is 0. The highest BCUT2D eigenvalue weighted by Gasteiger charge is 2.08. The summed E-state index contributed by atoms with van der Waals surface area (Å²) in [6.07, 6.45) is 1.34. The Morgan fingerprint density at radius 3 is 2.67 bits per heavy atom. The van der Waals surface area contributed by atoms with Crippen molar-refractivity contribution in [1.82, 2.24) is 9.95 Å². The van der Waals surface area contributed by atoms with Gasteiger partial charge in [-0.15, -0.1) is 0 Å². The number of hydrogen-bond donors (Lipinski definition) is 1. The summed E-state index contributed by atoms with van der Waals surface area (Å²) in [6, 6.07) is 0. The van der Waals surface area contributed by atoms with Crippen LogP contribution in [0.2, 0.25) is 0 Å². The summed E-state index contributed by atoms with van der Waals surface area (Å²) >= 11 is 16.3. The second kappa shape index (κ2) is 2.64. The molecule has 1 aliphatic heterocycles. The highest BCUT2D eigenvalue weighted by Crippen LogP contribution is 2.13. The molecule has 6 heteroatoms. The van der Waals surface area contributed by atoms with E-state index < -0.39 is 0 Å². The standard InChI is InChI=1S/C3H2Cl3N3/c4-2-1-7-3(5)8-9(2)6/h1H,(H,7,8). The molecule has 1 rings (SSSR count). The van der Waals surface area contributed by atoms with Crippen LogP contribution in [0, 0.1) is 0 Å². The first-order valence-corrected chi connectivity index (χ1v) is 3.11. The lowest BCUT2D eigenvalue weighted by Crippen LogP contribution is -2.32. The van der Waals surface area contributed by atoms with Gasteiger partial charge in [-0.25, -0.2) is 4.99 Å². The zero-order valence-electron chi connectivity index (χ0n) is 4.11. The van der Waals surface area contributed by atoms with Crippen molar-refractivity contribution in [3.05, 3.63) is 11.4 Å². The molecule has 0 aliphatic carbocycles. The maximum atomic E-state index is 5.46. The van der Waals surface area contributed by atoms with Crippen molar-refractivity contribution in [2.45, 2.75) is 0 Å². The van der Waals surface area contributed by atoms with E-state index in [2.05, 4.69) is 10.4 Å². The van der Waals surface area contributed by atoms with Crippen molar-refractivity contribution in [2.24, 2.45) is 4.99 Å². The molecule has 1 heterocycles.